The number of halogens is 4. The number of benzene rings is 1. The van der Waals surface area contributed by atoms with Crippen LogP contribution in [-0.2, 0) is 17.5 Å². The van der Waals surface area contributed by atoms with Gasteiger partial charge in [-0.1, -0.05) is 0 Å². The second kappa shape index (κ2) is 8.40. The summed E-state index contributed by atoms with van der Waals surface area (Å²) in [5, 5.41) is 3.10. The van der Waals surface area contributed by atoms with Gasteiger partial charge in [-0.25, -0.2) is 19.2 Å². The number of fused-ring (bicyclic) bond motifs is 3. The molecule has 3 atom stereocenters. The van der Waals surface area contributed by atoms with Gasteiger partial charge in [-0.05, 0) is 38.1 Å². The van der Waals surface area contributed by atoms with Crippen LogP contribution < -0.4 is 15.0 Å². The molecule has 4 heterocycles. The molecule has 2 aliphatic heterocycles. The highest BCUT2D eigenvalue weighted by Crippen LogP contribution is 2.38. The molecule has 0 saturated carbocycles. The third kappa shape index (κ3) is 4.10. The second-order valence-corrected chi connectivity index (χ2v) is 8.21. The Morgan fingerprint density at radius 3 is 2.71 bits per heavy atom. The third-order valence-corrected chi connectivity index (χ3v) is 5.89. The number of carbonyl (C=O) groups excluding carboxylic acids is 1. The van der Waals surface area contributed by atoms with Gasteiger partial charge in [-0.15, -0.1) is 0 Å². The fourth-order valence-electron chi connectivity index (χ4n) is 4.10. The number of carbonyl (C=O) groups is 1. The third-order valence-electron chi connectivity index (χ3n) is 5.89. The van der Waals surface area contributed by atoms with Crippen molar-refractivity contribution in [3.8, 4) is 11.4 Å². The molecule has 184 valence electrons. The summed E-state index contributed by atoms with van der Waals surface area (Å²) in [6, 6.07) is 3.56. The van der Waals surface area contributed by atoms with Crippen molar-refractivity contribution in [2.75, 3.05) is 16.8 Å². The van der Waals surface area contributed by atoms with E-state index < -0.39 is 36.1 Å². The zero-order valence-corrected chi connectivity index (χ0v) is 18.6. The number of imidazole rings is 1. The normalized spacial score (nSPS) is 18.9. The highest BCUT2D eigenvalue weighted by Gasteiger charge is 2.39. The van der Waals surface area contributed by atoms with Gasteiger partial charge >= 0.3 is 12.3 Å². The number of hydrogen-bond acceptors (Lipinski definition) is 7. The summed E-state index contributed by atoms with van der Waals surface area (Å²) in [5.41, 5.74) is 0.893. The van der Waals surface area contributed by atoms with Gasteiger partial charge < -0.3 is 14.8 Å². The van der Waals surface area contributed by atoms with Crippen LogP contribution in [0.1, 0.15) is 36.8 Å². The van der Waals surface area contributed by atoms with E-state index in [1.807, 2.05) is 0 Å². The van der Waals surface area contributed by atoms with E-state index in [1.165, 1.54) is 31.6 Å². The number of nitrogens with zero attached hydrogens (tertiary/aromatic N) is 5. The summed E-state index contributed by atoms with van der Waals surface area (Å²) in [6.07, 6.45) is -3.53. The molecule has 2 unspecified atom stereocenters. The van der Waals surface area contributed by atoms with E-state index in [1.54, 1.807) is 11.5 Å². The molecule has 1 N–H and O–H groups in total. The Hall–Kier alpha value is -3.90. The Bertz CT molecular complexity index is 1280. The molecule has 3 aromatic rings. The molecule has 13 heteroatoms. The lowest BCUT2D eigenvalue weighted by atomic mass is 10.1. The van der Waals surface area contributed by atoms with Crippen molar-refractivity contribution in [3.63, 3.8) is 0 Å². The Kier molecular flexibility index (Phi) is 5.49. The fourth-order valence-corrected chi connectivity index (χ4v) is 4.10. The minimum atomic E-state index is -4.47. The second-order valence-electron chi connectivity index (χ2n) is 8.21. The fraction of sp³-hybridized carbons (Fsp3) is 0.364. The van der Waals surface area contributed by atoms with E-state index in [-0.39, 0.29) is 30.7 Å². The van der Waals surface area contributed by atoms with E-state index in [2.05, 4.69) is 20.3 Å². The van der Waals surface area contributed by atoms with Crippen molar-refractivity contribution in [3.05, 3.63) is 53.7 Å². The Morgan fingerprint density at radius 2 is 1.97 bits per heavy atom. The van der Waals surface area contributed by atoms with Crippen LogP contribution in [0.4, 0.5) is 34.1 Å². The van der Waals surface area contributed by atoms with Crippen molar-refractivity contribution in [2.45, 2.75) is 44.9 Å². The minimum Gasteiger partial charge on any atom is -0.485 e. The van der Waals surface area contributed by atoms with E-state index >= 15 is 0 Å². The number of alkyl halides is 4. The quantitative estimate of drug-likeness (QED) is 0.527. The van der Waals surface area contributed by atoms with Gasteiger partial charge in [-0.3, -0.25) is 9.47 Å². The molecule has 2 aliphatic rings. The number of aromatic nitrogens is 4. The summed E-state index contributed by atoms with van der Waals surface area (Å²) >= 11 is 0. The molecule has 0 bridgehead atoms. The highest BCUT2D eigenvalue weighted by atomic mass is 19.4. The lowest BCUT2D eigenvalue weighted by Crippen LogP contribution is -2.39. The first kappa shape index (κ1) is 22.9. The van der Waals surface area contributed by atoms with Gasteiger partial charge in [0, 0.05) is 6.20 Å². The summed E-state index contributed by atoms with van der Waals surface area (Å²) in [7, 11) is 0. The number of anilines is 2. The molecule has 1 aromatic carbocycles. The lowest BCUT2D eigenvalue weighted by molar-refractivity contribution is -0.137. The number of nitrogens with one attached hydrogen (secondary N) is 1. The first-order valence-corrected chi connectivity index (χ1v) is 10.7. The van der Waals surface area contributed by atoms with E-state index in [0.717, 1.165) is 17.0 Å². The molecule has 1 fully saturated rings. The number of cyclic esters (lactones) is 1. The average molecular weight is 492 g/mol. The van der Waals surface area contributed by atoms with Gasteiger partial charge in [-0.2, -0.15) is 18.2 Å². The molecular formula is C22H20F4N6O3. The van der Waals surface area contributed by atoms with Gasteiger partial charge in [0.25, 0.3) is 0 Å². The van der Waals surface area contributed by atoms with Crippen LogP contribution in [-0.4, -0.2) is 44.4 Å². The van der Waals surface area contributed by atoms with Crippen LogP contribution in [0.5, 0.6) is 5.75 Å². The first-order valence-electron chi connectivity index (χ1n) is 10.7. The average Bonchev–Trinajstić information content (AvgIpc) is 3.42. The largest absolute Gasteiger partial charge is 0.485 e. The number of hydrogen-bond donors (Lipinski definition) is 1. The van der Waals surface area contributed by atoms with Crippen molar-refractivity contribution < 1.29 is 31.8 Å². The maximum atomic E-state index is 13.9. The van der Waals surface area contributed by atoms with Crippen LogP contribution in [0.15, 0.2) is 36.8 Å². The maximum absolute atomic E-state index is 13.9. The Morgan fingerprint density at radius 1 is 1.17 bits per heavy atom. The molecule has 5 rings (SSSR count). The molecule has 9 nitrogen and oxygen atoms in total. The predicted molar refractivity (Wildman–Crippen MR) is 115 cm³/mol. The van der Waals surface area contributed by atoms with E-state index in [0.29, 0.717) is 17.1 Å². The summed E-state index contributed by atoms with van der Waals surface area (Å²) < 4.78 is 65.3. The predicted octanol–water partition coefficient (Wildman–Crippen LogP) is 4.43. The molecule has 0 aliphatic carbocycles. The topological polar surface area (TPSA) is 94.4 Å². The summed E-state index contributed by atoms with van der Waals surface area (Å²) in [6.45, 7) is 3.09. The summed E-state index contributed by atoms with van der Waals surface area (Å²) in [5.74, 6) is 0.479. The first-order chi connectivity index (χ1) is 16.6. The Labute approximate surface area is 196 Å². The van der Waals surface area contributed by atoms with E-state index in [4.69, 9.17) is 9.47 Å². The highest BCUT2D eigenvalue weighted by molar-refractivity contribution is 5.89. The standard InChI is InChI=1S/C22H20F4N6O3/c1-11(23)15-8-35-21(33)32(15)18-5-6-27-20(30-18)29-12(2)19-16-9-34-17-7-13(22(24,25)26)3-4-14(17)31(16)10-28-19/h3-7,10-12,15H,8-9H2,1-2H3,(H,27,29,30)/t11?,12?,15-/m1/s1. The zero-order valence-electron chi connectivity index (χ0n) is 18.6. The van der Waals surface area contributed by atoms with Gasteiger partial charge in [0.05, 0.1) is 28.7 Å². The number of amides is 1. The van der Waals surface area contributed by atoms with Gasteiger partial charge in [0.15, 0.2) is 0 Å². The monoisotopic (exact) mass is 492 g/mol. The molecule has 35 heavy (non-hydrogen) atoms. The van der Waals surface area contributed by atoms with Crippen LogP contribution in [0, 0.1) is 0 Å². The van der Waals surface area contributed by atoms with Gasteiger partial charge in [0.2, 0.25) is 5.95 Å². The number of rotatable bonds is 5. The molecule has 1 amide bonds. The van der Waals surface area contributed by atoms with E-state index in [9.17, 15) is 22.4 Å². The van der Waals surface area contributed by atoms with Crippen LogP contribution >= 0.6 is 0 Å². The summed E-state index contributed by atoms with van der Waals surface area (Å²) in [4.78, 5) is 26.2. The molecule has 0 radical (unpaired) electrons. The van der Waals surface area contributed by atoms with Crippen molar-refractivity contribution in [1.29, 1.82) is 0 Å². The molecule has 0 spiro atoms. The van der Waals surface area contributed by atoms with Crippen LogP contribution in [0.2, 0.25) is 0 Å². The van der Waals surface area contributed by atoms with Crippen LogP contribution in [0.3, 0.4) is 0 Å². The van der Waals surface area contributed by atoms with Crippen molar-refractivity contribution in [1.82, 2.24) is 19.5 Å². The Balaban J connectivity index is 1.38. The molecular weight excluding hydrogens is 472 g/mol. The SMILES string of the molecule is CC(Nc1nccc(N2C(=O)OC[C@@H]2C(C)F)n1)c1ncn2c1COc1cc(C(F)(F)F)ccc1-2. The minimum absolute atomic E-state index is 0.0201. The van der Waals surface area contributed by atoms with Crippen molar-refractivity contribution >= 4 is 17.9 Å². The maximum Gasteiger partial charge on any atom is 0.416 e. The molecule has 2 aromatic heterocycles. The van der Waals surface area contributed by atoms with Crippen LogP contribution in [0.25, 0.3) is 5.69 Å². The molecule has 1 saturated heterocycles. The van der Waals surface area contributed by atoms with Crippen molar-refractivity contribution in [2.24, 2.45) is 0 Å². The smallest absolute Gasteiger partial charge is 0.416 e. The lowest BCUT2D eigenvalue weighted by Gasteiger charge is -2.23. The van der Waals surface area contributed by atoms with Gasteiger partial charge in [0.1, 0.15) is 43.3 Å². The zero-order chi connectivity index (χ0) is 24.9. The number of ether oxygens (including phenoxy) is 2.